The summed E-state index contributed by atoms with van der Waals surface area (Å²) in [6, 6.07) is 12.2. The van der Waals surface area contributed by atoms with Crippen LogP contribution in [-0.2, 0) is 19.8 Å². The van der Waals surface area contributed by atoms with Crippen molar-refractivity contribution in [2.75, 3.05) is 0 Å². The minimum absolute atomic E-state index is 0.0287. The number of aromatic nitrogens is 3. The highest BCUT2D eigenvalue weighted by Gasteiger charge is 2.31. The molecule has 0 saturated heterocycles. The number of aryl methyl sites for hydroxylation is 1. The van der Waals surface area contributed by atoms with Gasteiger partial charge < -0.3 is 4.74 Å². The van der Waals surface area contributed by atoms with Gasteiger partial charge in [-0.1, -0.05) is 53.0 Å². The number of nitrogens with zero attached hydrogens (tertiary/aromatic N) is 3. The zero-order chi connectivity index (χ0) is 24.6. The van der Waals surface area contributed by atoms with Crippen LogP contribution in [0.4, 0.5) is 17.6 Å². The van der Waals surface area contributed by atoms with E-state index in [0.29, 0.717) is 22.0 Å². The Bertz CT molecular complexity index is 1350. The van der Waals surface area contributed by atoms with Gasteiger partial charge >= 0.3 is 6.18 Å². The van der Waals surface area contributed by atoms with E-state index in [1.165, 1.54) is 16.8 Å². The average molecular weight is 531 g/mol. The molecule has 0 N–H and O–H groups in total. The topological polar surface area (TPSA) is 39.9 Å². The first-order valence-electron chi connectivity index (χ1n) is 9.68. The van der Waals surface area contributed by atoms with Crippen LogP contribution in [0.1, 0.15) is 11.1 Å². The van der Waals surface area contributed by atoms with Gasteiger partial charge in [-0.2, -0.15) is 18.3 Å². The number of halogens is 7. The van der Waals surface area contributed by atoms with Gasteiger partial charge in [-0.3, -0.25) is 0 Å². The quantitative estimate of drug-likeness (QED) is 0.247. The fourth-order valence-corrected chi connectivity index (χ4v) is 3.92. The van der Waals surface area contributed by atoms with Crippen molar-refractivity contribution in [2.24, 2.45) is 7.05 Å². The van der Waals surface area contributed by atoms with E-state index in [2.05, 4.69) is 10.1 Å². The largest absolute Gasteiger partial charge is 0.487 e. The van der Waals surface area contributed by atoms with Crippen LogP contribution in [0.2, 0.25) is 15.1 Å². The third kappa shape index (κ3) is 4.99. The van der Waals surface area contributed by atoms with Gasteiger partial charge in [-0.15, -0.1) is 0 Å². The van der Waals surface area contributed by atoms with E-state index in [0.717, 1.165) is 18.2 Å². The molecular formula is C23H14Cl3F4N3O. The molecule has 1 aromatic heterocycles. The highest BCUT2D eigenvalue weighted by atomic mass is 35.5. The van der Waals surface area contributed by atoms with Crippen LogP contribution in [-0.4, -0.2) is 14.8 Å². The number of alkyl halides is 3. The van der Waals surface area contributed by atoms with Gasteiger partial charge in [-0.25, -0.2) is 14.1 Å². The molecule has 0 fully saturated rings. The fraction of sp³-hybridized carbons (Fsp3) is 0.130. The first-order valence-corrected chi connectivity index (χ1v) is 10.8. The molecule has 176 valence electrons. The molecule has 0 radical (unpaired) electrons. The summed E-state index contributed by atoms with van der Waals surface area (Å²) in [5.74, 6) is 0.0992. The average Bonchev–Trinajstić information content (AvgIpc) is 3.13. The van der Waals surface area contributed by atoms with Gasteiger partial charge in [-0.05, 0) is 36.4 Å². The van der Waals surface area contributed by atoms with Gasteiger partial charge in [0.1, 0.15) is 18.2 Å². The smallest absolute Gasteiger partial charge is 0.416 e. The Labute approximate surface area is 206 Å². The molecule has 0 saturated carbocycles. The molecule has 0 unspecified atom stereocenters. The Morgan fingerprint density at radius 2 is 1.71 bits per heavy atom. The number of hydrogen-bond acceptors (Lipinski definition) is 3. The summed E-state index contributed by atoms with van der Waals surface area (Å²) in [5, 5.41) is 4.61. The first-order chi connectivity index (χ1) is 16.0. The van der Waals surface area contributed by atoms with Crippen LogP contribution in [0, 0.1) is 5.82 Å². The van der Waals surface area contributed by atoms with E-state index in [1.54, 1.807) is 31.3 Å². The Balaban J connectivity index is 1.55. The zero-order valence-electron chi connectivity index (χ0n) is 17.3. The lowest BCUT2D eigenvalue weighted by atomic mass is 10.1. The molecular weight excluding hydrogens is 517 g/mol. The van der Waals surface area contributed by atoms with Crippen molar-refractivity contribution in [3.05, 3.63) is 86.6 Å². The summed E-state index contributed by atoms with van der Waals surface area (Å²) in [6.45, 7) is -0.0287. The normalized spacial score (nSPS) is 11.6. The Morgan fingerprint density at radius 1 is 0.941 bits per heavy atom. The molecule has 0 atom stereocenters. The van der Waals surface area contributed by atoms with Crippen molar-refractivity contribution in [2.45, 2.75) is 12.8 Å². The number of hydrogen-bond donors (Lipinski definition) is 0. The maximum atomic E-state index is 14.3. The second kappa shape index (κ2) is 9.44. The molecule has 1 heterocycles. The van der Waals surface area contributed by atoms with Gasteiger partial charge in [0.05, 0.1) is 21.2 Å². The van der Waals surface area contributed by atoms with Gasteiger partial charge in [0.2, 0.25) is 0 Å². The van der Waals surface area contributed by atoms with Crippen molar-refractivity contribution in [1.82, 2.24) is 14.8 Å². The molecule has 0 amide bonds. The second-order valence-electron chi connectivity index (χ2n) is 7.22. The Morgan fingerprint density at radius 3 is 2.35 bits per heavy atom. The van der Waals surface area contributed by atoms with Crippen molar-refractivity contribution in [3.8, 4) is 28.5 Å². The summed E-state index contributed by atoms with van der Waals surface area (Å²) in [6.07, 6.45) is -4.50. The van der Waals surface area contributed by atoms with Gasteiger partial charge in [0.25, 0.3) is 0 Å². The summed E-state index contributed by atoms with van der Waals surface area (Å²) in [5.41, 5.74) is 0.401. The number of benzene rings is 3. The van der Waals surface area contributed by atoms with Crippen LogP contribution in [0.5, 0.6) is 5.75 Å². The van der Waals surface area contributed by atoms with Gasteiger partial charge in [0.15, 0.2) is 11.6 Å². The molecule has 11 heteroatoms. The lowest BCUT2D eigenvalue weighted by Crippen LogP contribution is -2.05. The molecule has 34 heavy (non-hydrogen) atoms. The second-order valence-corrected chi connectivity index (χ2v) is 8.44. The monoisotopic (exact) mass is 529 g/mol. The minimum atomic E-state index is -4.50. The summed E-state index contributed by atoms with van der Waals surface area (Å²) in [7, 11) is 1.65. The van der Waals surface area contributed by atoms with E-state index in [4.69, 9.17) is 39.5 Å². The highest BCUT2D eigenvalue weighted by Crippen LogP contribution is 2.36. The van der Waals surface area contributed by atoms with E-state index >= 15 is 0 Å². The molecule has 4 nitrogen and oxygen atoms in total. The predicted molar refractivity (Wildman–Crippen MR) is 123 cm³/mol. The minimum Gasteiger partial charge on any atom is -0.487 e. The fourth-order valence-electron chi connectivity index (χ4n) is 3.21. The zero-order valence-corrected chi connectivity index (χ0v) is 19.6. The third-order valence-electron chi connectivity index (χ3n) is 4.90. The standard InChI is InChI=1S/C23H14Cl3F4N3O/c1-33-22(31-21(32-33)20-15(24)3-2-4-18(20)27)12-5-6-13(16(25)9-12)11-34-19-8-7-14(10-17(19)26)23(28,29)30/h2-10H,11H2,1H3. The van der Waals surface area contributed by atoms with Gasteiger partial charge in [0, 0.05) is 23.2 Å². The van der Waals surface area contributed by atoms with E-state index in [1.807, 2.05) is 0 Å². The maximum absolute atomic E-state index is 14.3. The van der Waals surface area contributed by atoms with Crippen LogP contribution >= 0.6 is 34.8 Å². The molecule has 0 spiro atoms. The van der Waals surface area contributed by atoms with Crippen molar-refractivity contribution in [1.29, 1.82) is 0 Å². The first kappa shape index (κ1) is 24.3. The summed E-state index contributed by atoms with van der Waals surface area (Å²) >= 11 is 18.4. The van der Waals surface area contributed by atoms with E-state index in [-0.39, 0.29) is 33.8 Å². The molecule has 4 rings (SSSR count). The molecule has 0 bridgehead atoms. The number of rotatable bonds is 5. The van der Waals surface area contributed by atoms with Crippen LogP contribution in [0.25, 0.3) is 22.8 Å². The van der Waals surface area contributed by atoms with Crippen molar-refractivity contribution >= 4 is 34.8 Å². The van der Waals surface area contributed by atoms with Crippen LogP contribution < -0.4 is 4.74 Å². The van der Waals surface area contributed by atoms with Crippen LogP contribution in [0.15, 0.2) is 54.6 Å². The van der Waals surface area contributed by atoms with E-state index < -0.39 is 17.6 Å². The molecule has 0 aliphatic heterocycles. The highest BCUT2D eigenvalue weighted by molar-refractivity contribution is 6.33. The SMILES string of the molecule is Cn1nc(-c2c(F)cccc2Cl)nc1-c1ccc(COc2ccc(C(F)(F)F)cc2Cl)c(Cl)c1. The molecule has 0 aliphatic carbocycles. The summed E-state index contributed by atoms with van der Waals surface area (Å²) < 4.78 is 59.7. The number of ether oxygens (including phenoxy) is 1. The predicted octanol–water partition coefficient (Wildman–Crippen LogP) is 7.85. The molecule has 4 aromatic rings. The molecule has 3 aromatic carbocycles. The lowest BCUT2D eigenvalue weighted by Gasteiger charge is -2.12. The van der Waals surface area contributed by atoms with Crippen molar-refractivity contribution in [3.63, 3.8) is 0 Å². The van der Waals surface area contributed by atoms with E-state index in [9.17, 15) is 17.6 Å². The van der Waals surface area contributed by atoms with Crippen LogP contribution in [0.3, 0.4) is 0 Å². The lowest BCUT2D eigenvalue weighted by molar-refractivity contribution is -0.137. The Kier molecular flexibility index (Phi) is 6.75. The summed E-state index contributed by atoms with van der Waals surface area (Å²) in [4.78, 5) is 4.40. The third-order valence-corrected chi connectivity index (χ3v) is 5.87. The maximum Gasteiger partial charge on any atom is 0.416 e. The molecule has 0 aliphatic rings. The van der Waals surface area contributed by atoms with Crippen molar-refractivity contribution < 1.29 is 22.3 Å². The Hall–Kier alpha value is -2.81.